The van der Waals surface area contributed by atoms with Gasteiger partial charge in [-0.1, -0.05) is 29.8 Å². The fourth-order valence-corrected chi connectivity index (χ4v) is 3.88. The second-order valence-corrected chi connectivity index (χ2v) is 8.38. The fourth-order valence-electron chi connectivity index (χ4n) is 2.64. The van der Waals surface area contributed by atoms with Gasteiger partial charge >= 0.3 is 0 Å². The third kappa shape index (κ3) is 2.74. The van der Waals surface area contributed by atoms with E-state index in [-0.39, 0.29) is 12.8 Å². The Bertz CT molecular complexity index is 645. The number of sulfone groups is 1. The van der Waals surface area contributed by atoms with Crippen LogP contribution >= 0.6 is 11.6 Å². The van der Waals surface area contributed by atoms with Crippen LogP contribution in [0.5, 0.6) is 0 Å². The van der Waals surface area contributed by atoms with Crippen LogP contribution in [0.25, 0.3) is 0 Å². The molecule has 0 spiro atoms. The summed E-state index contributed by atoms with van der Waals surface area (Å²) in [6.07, 6.45) is 7.14. The summed E-state index contributed by atoms with van der Waals surface area (Å²) in [5.74, 6) is -4.26. The first kappa shape index (κ1) is 16.1. The number of allylic oxidation sites excluding steroid dienone is 3. The molecule has 5 nitrogen and oxygen atoms in total. The van der Waals surface area contributed by atoms with Crippen LogP contribution in [-0.2, 0) is 24.2 Å². The van der Waals surface area contributed by atoms with E-state index >= 15 is 0 Å². The number of hydrogen-bond donors (Lipinski definition) is 0. The molecule has 1 fully saturated rings. The number of hydrogen-bond acceptors (Lipinski definition) is 5. The number of ketones is 3. The minimum absolute atomic E-state index is 0.155. The summed E-state index contributed by atoms with van der Waals surface area (Å²) >= 11 is 6.16. The lowest BCUT2D eigenvalue weighted by Crippen LogP contribution is -2.48. The van der Waals surface area contributed by atoms with E-state index in [9.17, 15) is 22.8 Å². The third-order valence-corrected chi connectivity index (χ3v) is 6.54. The average Bonchev–Trinajstić information content (AvgIpc) is 2.37. The Morgan fingerprint density at radius 1 is 1.24 bits per heavy atom. The SMILES string of the molecule is CS(=O)(=O)C1(Cl)C=CC=CC1C(=O)C1C(=O)CCCC1=O. The van der Waals surface area contributed by atoms with Crippen LogP contribution in [0.15, 0.2) is 24.3 Å². The monoisotopic (exact) mass is 330 g/mol. The van der Waals surface area contributed by atoms with Gasteiger partial charge in [0.05, 0.1) is 5.92 Å². The van der Waals surface area contributed by atoms with Gasteiger partial charge in [0.25, 0.3) is 0 Å². The maximum Gasteiger partial charge on any atom is 0.176 e. The second-order valence-electron chi connectivity index (χ2n) is 5.31. The van der Waals surface area contributed by atoms with E-state index in [4.69, 9.17) is 11.6 Å². The lowest BCUT2D eigenvalue weighted by atomic mass is 9.78. The van der Waals surface area contributed by atoms with Crippen molar-refractivity contribution < 1.29 is 22.8 Å². The first-order valence-electron chi connectivity index (χ1n) is 6.52. The maximum atomic E-state index is 12.6. The summed E-state index contributed by atoms with van der Waals surface area (Å²) in [4.78, 5) is 36.3. The molecule has 2 rings (SSSR count). The molecule has 21 heavy (non-hydrogen) atoms. The lowest BCUT2D eigenvalue weighted by Gasteiger charge is -2.32. The van der Waals surface area contributed by atoms with E-state index in [1.54, 1.807) is 0 Å². The van der Waals surface area contributed by atoms with Crippen LogP contribution in [0.2, 0.25) is 0 Å². The predicted octanol–water partition coefficient (Wildman–Crippen LogP) is 1.22. The molecule has 0 aromatic heterocycles. The summed E-state index contributed by atoms with van der Waals surface area (Å²) in [5.41, 5.74) is 0. The van der Waals surface area contributed by atoms with Gasteiger partial charge < -0.3 is 0 Å². The molecule has 114 valence electrons. The van der Waals surface area contributed by atoms with Crippen LogP contribution in [0.1, 0.15) is 19.3 Å². The van der Waals surface area contributed by atoms with E-state index in [1.165, 1.54) is 24.3 Å². The molecule has 0 radical (unpaired) electrons. The quantitative estimate of drug-likeness (QED) is 0.573. The number of rotatable bonds is 3. The molecule has 0 aliphatic heterocycles. The Morgan fingerprint density at radius 3 is 2.33 bits per heavy atom. The second kappa shape index (κ2) is 5.50. The highest BCUT2D eigenvalue weighted by Gasteiger charge is 2.51. The molecule has 0 bridgehead atoms. The van der Waals surface area contributed by atoms with Gasteiger partial charge in [-0.3, -0.25) is 14.4 Å². The molecule has 0 N–H and O–H groups in total. The Hall–Kier alpha value is -1.27. The molecule has 7 heteroatoms. The first-order chi connectivity index (χ1) is 9.68. The largest absolute Gasteiger partial charge is 0.298 e. The number of carbonyl (C=O) groups is 3. The van der Waals surface area contributed by atoms with Crippen molar-refractivity contribution in [3.8, 4) is 0 Å². The topological polar surface area (TPSA) is 85.3 Å². The highest BCUT2D eigenvalue weighted by molar-refractivity contribution is 7.93. The summed E-state index contributed by atoms with van der Waals surface area (Å²) in [7, 11) is -3.81. The average molecular weight is 331 g/mol. The van der Waals surface area contributed by atoms with Gasteiger partial charge in [-0.25, -0.2) is 8.42 Å². The van der Waals surface area contributed by atoms with Gasteiger partial charge in [0.15, 0.2) is 31.4 Å². The molecule has 2 aliphatic rings. The van der Waals surface area contributed by atoms with Gasteiger partial charge in [0.1, 0.15) is 5.92 Å². The van der Waals surface area contributed by atoms with E-state index in [1.807, 2.05) is 0 Å². The molecular weight excluding hydrogens is 316 g/mol. The van der Waals surface area contributed by atoms with Gasteiger partial charge in [0.2, 0.25) is 0 Å². The summed E-state index contributed by atoms with van der Waals surface area (Å²) in [6.45, 7) is 0. The van der Waals surface area contributed by atoms with Crippen molar-refractivity contribution in [1.82, 2.24) is 0 Å². The van der Waals surface area contributed by atoms with Crippen LogP contribution in [-0.4, -0.2) is 36.2 Å². The van der Waals surface area contributed by atoms with Crippen molar-refractivity contribution in [3.63, 3.8) is 0 Å². The third-order valence-electron chi connectivity index (χ3n) is 3.81. The molecule has 2 aliphatic carbocycles. The lowest BCUT2D eigenvalue weighted by molar-refractivity contribution is -0.143. The van der Waals surface area contributed by atoms with E-state index < -0.39 is 43.2 Å². The van der Waals surface area contributed by atoms with Gasteiger partial charge in [-0.15, -0.1) is 0 Å². The molecule has 0 aromatic carbocycles. The zero-order valence-electron chi connectivity index (χ0n) is 11.4. The van der Waals surface area contributed by atoms with Crippen molar-refractivity contribution >= 4 is 38.8 Å². The zero-order chi connectivity index (χ0) is 15.8. The standard InChI is InChI=1S/C14H15ClO5S/c1-21(19,20)14(15)8-3-2-5-9(14)13(18)12-10(16)6-4-7-11(12)17/h2-3,5,8-9,12H,4,6-7H2,1H3. The van der Waals surface area contributed by atoms with Crippen molar-refractivity contribution in [3.05, 3.63) is 24.3 Å². The summed E-state index contributed by atoms with van der Waals surface area (Å²) in [6, 6.07) is 0. The predicted molar refractivity (Wildman–Crippen MR) is 77.6 cm³/mol. The van der Waals surface area contributed by atoms with Gasteiger partial charge in [0, 0.05) is 19.1 Å². The van der Waals surface area contributed by atoms with E-state index in [0.717, 1.165) is 6.26 Å². The minimum atomic E-state index is -3.81. The molecule has 1 saturated carbocycles. The molecule has 0 amide bonds. The number of Topliss-reactive ketones (excluding diaryl/α,β-unsaturated/α-hetero) is 3. The van der Waals surface area contributed by atoms with Crippen LogP contribution in [0.3, 0.4) is 0 Å². The Kier molecular flexibility index (Phi) is 4.22. The highest BCUT2D eigenvalue weighted by Crippen LogP contribution is 2.39. The molecule has 0 heterocycles. The van der Waals surface area contributed by atoms with Crippen LogP contribution < -0.4 is 0 Å². The molecule has 0 saturated heterocycles. The number of carbonyl (C=O) groups excluding carboxylic acids is 3. The smallest absolute Gasteiger partial charge is 0.176 e. The molecule has 2 unspecified atom stereocenters. The Morgan fingerprint density at radius 2 is 1.81 bits per heavy atom. The molecule has 2 atom stereocenters. The zero-order valence-corrected chi connectivity index (χ0v) is 13.0. The van der Waals surface area contributed by atoms with Crippen LogP contribution in [0, 0.1) is 11.8 Å². The van der Waals surface area contributed by atoms with Crippen molar-refractivity contribution in [1.29, 1.82) is 0 Å². The van der Waals surface area contributed by atoms with E-state index in [0.29, 0.717) is 6.42 Å². The van der Waals surface area contributed by atoms with Crippen molar-refractivity contribution in [2.45, 2.75) is 23.5 Å². The van der Waals surface area contributed by atoms with Crippen LogP contribution in [0.4, 0.5) is 0 Å². The highest BCUT2D eigenvalue weighted by atomic mass is 35.5. The summed E-state index contributed by atoms with van der Waals surface area (Å²) < 4.78 is 21.9. The normalized spacial score (nSPS) is 30.7. The van der Waals surface area contributed by atoms with Gasteiger partial charge in [-0.05, 0) is 12.5 Å². The fraction of sp³-hybridized carbons (Fsp3) is 0.500. The number of alkyl halides is 1. The van der Waals surface area contributed by atoms with Gasteiger partial charge in [-0.2, -0.15) is 0 Å². The van der Waals surface area contributed by atoms with E-state index in [2.05, 4.69) is 0 Å². The summed E-state index contributed by atoms with van der Waals surface area (Å²) in [5, 5.41) is 0. The molecular formula is C14H15ClO5S. The molecule has 0 aromatic rings. The maximum absolute atomic E-state index is 12.6. The van der Waals surface area contributed by atoms with Crippen molar-refractivity contribution in [2.75, 3.05) is 6.26 Å². The number of halogens is 1. The van der Waals surface area contributed by atoms with Crippen molar-refractivity contribution in [2.24, 2.45) is 11.8 Å². The Labute approximate surface area is 128 Å². The Balaban J connectivity index is 2.42. The first-order valence-corrected chi connectivity index (χ1v) is 8.79. The minimum Gasteiger partial charge on any atom is -0.298 e.